The molecule has 1 amide bonds. The molecular weight excluding hydrogens is 223 g/mol. The number of halogens is 2. The molecule has 3 nitrogen and oxygen atoms in total. The van der Waals surface area contributed by atoms with Crippen molar-refractivity contribution in [1.82, 2.24) is 0 Å². The van der Waals surface area contributed by atoms with Crippen LogP contribution in [0.25, 0.3) is 0 Å². The van der Waals surface area contributed by atoms with E-state index in [-0.39, 0.29) is 12.5 Å². The van der Waals surface area contributed by atoms with Crippen LogP contribution in [0.15, 0.2) is 12.1 Å². The zero-order valence-corrected chi connectivity index (χ0v) is 9.12. The second-order valence-corrected chi connectivity index (χ2v) is 3.68. The van der Waals surface area contributed by atoms with E-state index >= 15 is 0 Å². The van der Waals surface area contributed by atoms with E-state index in [0.717, 1.165) is 5.56 Å². The number of anilines is 1. The minimum absolute atomic E-state index is 0.0710. The van der Waals surface area contributed by atoms with Gasteiger partial charge in [0.15, 0.2) is 0 Å². The second kappa shape index (κ2) is 4.64. The van der Waals surface area contributed by atoms with E-state index in [0.29, 0.717) is 15.7 Å². The van der Waals surface area contributed by atoms with Gasteiger partial charge in [-0.05, 0) is 24.6 Å². The van der Waals surface area contributed by atoms with Gasteiger partial charge >= 0.3 is 0 Å². The Morgan fingerprint density at radius 1 is 1.50 bits per heavy atom. The Morgan fingerprint density at radius 3 is 2.64 bits per heavy atom. The number of nitrogens with one attached hydrogen (secondary N) is 1. The number of benzene rings is 1. The van der Waals surface area contributed by atoms with Crippen LogP contribution in [0.3, 0.4) is 0 Å². The molecule has 76 valence electrons. The summed E-state index contributed by atoms with van der Waals surface area (Å²) in [6.07, 6.45) is 0. The van der Waals surface area contributed by atoms with Crippen LogP contribution in [-0.4, -0.2) is 12.5 Å². The maximum Gasteiger partial charge on any atom is 0.238 e. The van der Waals surface area contributed by atoms with Gasteiger partial charge in [0, 0.05) is 5.02 Å². The van der Waals surface area contributed by atoms with Crippen LogP contribution in [0.4, 0.5) is 5.69 Å². The summed E-state index contributed by atoms with van der Waals surface area (Å²) in [6, 6.07) is 3.29. The molecule has 1 aromatic carbocycles. The summed E-state index contributed by atoms with van der Waals surface area (Å²) < 4.78 is 0. The Balaban J connectivity index is 3.02. The maximum absolute atomic E-state index is 11.0. The summed E-state index contributed by atoms with van der Waals surface area (Å²) in [6.45, 7) is 1.74. The first-order chi connectivity index (χ1) is 6.54. The third kappa shape index (κ3) is 2.61. The lowest BCUT2D eigenvalue weighted by Crippen LogP contribution is -2.22. The first-order valence-electron chi connectivity index (χ1n) is 4.00. The van der Waals surface area contributed by atoms with Crippen molar-refractivity contribution >= 4 is 34.8 Å². The SMILES string of the molecule is Cc1cc(Cl)cc(Cl)c1NC(=O)CN. The van der Waals surface area contributed by atoms with E-state index < -0.39 is 0 Å². The highest BCUT2D eigenvalue weighted by Gasteiger charge is 2.08. The normalized spacial score (nSPS) is 10.0. The molecule has 0 bridgehead atoms. The van der Waals surface area contributed by atoms with Crippen LogP contribution in [0.2, 0.25) is 10.0 Å². The number of aryl methyl sites for hydroxylation is 1. The summed E-state index contributed by atoms with van der Waals surface area (Å²) in [5.41, 5.74) is 6.54. The van der Waals surface area contributed by atoms with Gasteiger partial charge in [0.05, 0.1) is 17.3 Å². The van der Waals surface area contributed by atoms with Gasteiger partial charge < -0.3 is 11.1 Å². The molecule has 3 N–H and O–H groups in total. The molecule has 0 spiro atoms. The second-order valence-electron chi connectivity index (χ2n) is 2.83. The first kappa shape index (κ1) is 11.3. The Bertz CT molecular complexity index is 343. The lowest BCUT2D eigenvalue weighted by molar-refractivity contribution is -0.114. The molecule has 0 saturated heterocycles. The van der Waals surface area contributed by atoms with Gasteiger partial charge in [-0.25, -0.2) is 0 Å². The monoisotopic (exact) mass is 232 g/mol. The average molecular weight is 233 g/mol. The fourth-order valence-corrected chi connectivity index (χ4v) is 1.69. The Labute approximate surface area is 92.2 Å². The highest BCUT2D eigenvalue weighted by atomic mass is 35.5. The molecule has 0 aromatic heterocycles. The molecule has 0 fully saturated rings. The minimum Gasteiger partial charge on any atom is -0.323 e. The highest BCUT2D eigenvalue weighted by molar-refractivity contribution is 6.37. The average Bonchev–Trinajstić information content (AvgIpc) is 2.10. The van der Waals surface area contributed by atoms with Crippen LogP contribution in [-0.2, 0) is 4.79 Å². The largest absolute Gasteiger partial charge is 0.323 e. The fourth-order valence-electron chi connectivity index (χ4n) is 1.05. The topological polar surface area (TPSA) is 55.1 Å². The van der Waals surface area contributed by atoms with Crippen LogP contribution in [0.5, 0.6) is 0 Å². The molecule has 0 radical (unpaired) electrons. The third-order valence-electron chi connectivity index (χ3n) is 1.70. The smallest absolute Gasteiger partial charge is 0.238 e. The summed E-state index contributed by atoms with van der Waals surface area (Å²) in [4.78, 5) is 11.0. The van der Waals surface area contributed by atoms with Crippen molar-refractivity contribution in [2.24, 2.45) is 5.73 Å². The number of carbonyl (C=O) groups excluding carboxylic acids is 1. The molecule has 0 unspecified atom stereocenters. The third-order valence-corrected chi connectivity index (χ3v) is 2.22. The van der Waals surface area contributed by atoms with Crippen molar-refractivity contribution in [1.29, 1.82) is 0 Å². The lowest BCUT2D eigenvalue weighted by Gasteiger charge is -2.09. The van der Waals surface area contributed by atoms with Gasteiger partial charge in [-0.2, -0.15) is 0 Å². The quantitative estimate of drug-likeness (QED) is 0.822. The summed E-state index contributed by atoms with van der Waals surface area (Å²) in [7, 11) is 0. The standard InChI is InChI=1S/C9H10Cl2N2O/c1-5-2-6(10)3-7(11)9(5)13-8(14)4-12/h2-3H,4,12H2,1H3,(H,13,14). The van der Waals surface area contributed by atoms with Gasteiger partial charge in [-0.3, -0.25) is 4.79 Å². The van der Waals surface area contributed by atoms with Crippen molar-refractivity contribution in [3.05, 3.63) is 27.7 Å². The number of hydrogen-bond acceptors (Lipinski definition) is 2. The van der Waals surface area contributed by atoms with Gasteiger partial charge in [-0.1, -0.05) is 23.2 Å². The molecule has 0 saturated carbocycles. The molecule has 1 aromatic rings. The van der Waals surface area contributed by atoms with Crippen molar-refractivity contribution in [3.8, 4) is 0 Å². The van der Waals surface area contributed by atoms with Gasteiger partial charge in [0.2, 0.25) is 5.91 Å². The molecule has 0 heterocycles. The van der Waals surface area contributed by atoms with E-state index in [2.05, 4.69) is 5.32 Å². The van der Waals surface area contributed by atoms with Gasteiger partial charge in [0.1, 0.15) is 0 Å². The molecule has 1 rings (SSSR count). The van der Waals surface area contributed by atoms with E-state index in [1.165, 1.54) is 0 Å². The van der Waals surface area contributed by atoms with Crippen LogP contribution in [0.1, 0.15) is 5.56 Å². The molecule has 5 heteroatoms. The van der Waals surface area contributed by atoms with Crippen molar-refractivity contribution in [3.63, 3.8) is 0 Å². The molecule has 0 aliphatic heterocycles. The van der Waals surface area contributed by atoms with E-state index in [1.54, 1.807) is 12.1 Å². The zero-order chi connectivity index (χ0) is 10.7. The summed E-state index contributed by atoms with van der Waals surface area (Å²) in [5, 5.41) is 3.55. The van der Waals surface area contributed by atoms with Crippen LogP contribution < -0.4 is 11.1 Å². The number of amides is 1. The minimum atomic E-state index is -0.280. The zero-order valence-electron chi connectivity index (χ0n) is 7.60. The summed E-state index contributed by atoms with van der Waals surface area (Å²) >= 11 is 11.7. The van der Waals surface area contributed by atoms with Gasteiger partial charge in [0.25, 0.3) is 0 Å². The van der Waals surface area contributed by atoms with Gasteiger partial charge in [-0.15, -0.1) is 0 Å². The summed E-state index contributed by atoms with van der Waals surface area (Å²) in [5.74, 6) is -0.280. The Hall–Kier alpha value is -0.770. The number of nitrogens with two attached hydrogens (primary N) is 1. The predicted octanol–water partition coefficient (Wildman–Crippen LogP) is 2.20. The number of rotatable bonds is 2. The first-order valence-corrected chi connectivity index (χ1v) is 4.75. The highest BCUT2D eigenvalue weighted by Crippen LogP contribution is 2.29. The predicted molar refractivity (Wildman–Crippen MR) is 58.9 cm³/mol. The van der Waals surface area contributed by atoms with Crippen molar-refractivity contribution < 1.29 is 4.79 Å². The van der Waals surface area contributed by atoms with Crippen molar-refractivity contribution in [2.45, 2.75) is 6.92 Å². The van der Waals surface area contributed by atoms with E-state index in [9.17, 15) is 4.79 Å². The Kier molecular flexibility index (Phi) is 3.75. The van der Waals surface area contributed by atoms with E-state index in [1.807, 2.05) is 6.92 Å². The van der Waals surface area contributed by atoms with Crippen LogP contribution in [0, 0.1) is 6.92 Å². The lowest BCUT2D eigenvalue weighted by atomic mass is 10.2. The molecule has 0 atom stereocenters. The maximum atomic E-state index is 11.0. The molecule has 14 heavy (non-hydrogen) atoms. The fraction of sp³-hybridized carbons (Fsp3) is 0.222. The van der Waals surface area contributed by atoms with E-state index in [4.69, 9.17) is 28.9 Å². The molecule has 0 aliphatic rings. The molecule has 0 aliphatic carbocycles. The Morgan fingerprint density at radius 2 is 2.14 bits per heavy atom. The van der Waals surface area contributed by atoms with Crippen LogP contribution >= 0.6 is 23.2 Å². The number of hydrogen-bond donors (Lipinski definition) is 2. The molecular formula is C9H10Cl2N2O. The number of carbonyl (C=O) groups is 1. The van der Waals surface area contributed by atoms with Crippen molar-refractivity contribution in [2.75, 3.05) is 11.9 Å².